The molecule has 104 valence electrons. The van der Waals surface area contributed by atoms with E-state index in [1.54, 1.807) is 0 Å². The number of rotatable bonds is 5. The van der Waals surface area contributed by atoms with E-state index >= 15 is 0 Å². The number of benzene rings is 1. The van der Waals surface area contributed by atoms with Crippen molar-refractivity contribution >= 4 is 11.9 Å². The first-order chi connectivity index (χ1) is 9.65. The molecule has 0 fully saturated rings. The Kier molecular flexibility index (Phi) is 3.89. The zero-order valence-electron chi connectivity index (χ0n) is 10.8. The van der Waals surface area contributed by atoms with Gasteiger partial charge in [-0.2, -0.15) is 5.10 Å². The van der Waals surface area contributed by atoms with Crippen molar-refractivity contribution in [3.05, 3.63) is 40.5 Å². The fraction of sp³-hybridized carbons (Fsp3) is 0.182. The molecule has 2 aromatic rings. The van der Waals surface area contributed by atoms with E-state index in [9.17, 15) is 10.1 Å². The van der Waals surface area contributed by atoms with Crippen LogP contribution in [0, 0.1) is 10.1 Å². The Morgan fingerprint density at radius 1 is 1.25 bits per heavy atom. The summed E-state index contributed by atoms with van der Waals surface area (Å²) in [5.74, 6) is 0.526. The lowest BCUT2D eigenvalue weighted by molar-refractivity contribution is -0.385. The van der Waals surface area contributed by atoms with E-state index in [0.29, 0.717) is 11.3 Å². The van der Waals surface area contributed by atoms with Crippen LogP contribution in [-0.4, -0.2) is 40.2 Å². The molecule has 9 nitrogen and oxygen atoms in total. The minimum atomic E-state index is -0.533. The second kappa shape index (κ2) is 5.78. The van der Waals surface area contributed by atoms with E-state index in [1.165, 1.54) is 49.9 Å². The molecule has 0 saturated heterocycles. The van der Waals surface area contributed by atoms with Crippen molar-refractivity contribution in [3.8, 4) is 11.5 Å². The SMILES string of the molecule is COc1cc(OC)c([N+](=O)[O-])cc1/C=N\n1cnnc1. The molecule has 0 unspecified atom stereocenters. The monoisotopic (exact) mass is 277 g/mol. The van der Waals surface area contributed by atoms with E-state index in [2.05, 4.69) is 15.3 Å². The van der Waals surface area contributed by atoms with Crippen LogP contribution in [-0.2, 0) is 0 Å². The third-order valence-electron chi connectivity index (χ3n) is 2.46. The number of nitrogens with zero attached hydrogens (tertiary/aromatic N) is 5. The molecule has 0 atom stereocenters. The Balaban J connectivity index is 2.45. The molecule has 0 aliphatic carbocycles. The van der Waals surface area contributed by atoms with Crippen molar-refractivity contribution in [2.75, 3.05) is 14.2 Å². The lowest BCUT2D eigenvalue weighted by atomic mass is 10.1. The maximum atomic E-state index is 11.0. The summed E-state index contributed by atoms with van der Waals surface area (Å²) >= 11 is 0. The standard InChI is InChI=1S/C11H11N5O4/c1-19-10-4-11(20-2)9(16(17)18)3-8(10)5-14-15-6-12-13-7-15/h3-7H,1-2H3/b14-5-. The molecule has 0 amide bonds. The molecule has 0 radical (unpaired) electrons. The minimum Gasteiger partial charge on any atom is -0.496 e. The van der Waals surface area contributed by atoms with Crippen molar-refractivity contribution in [2.45, 2.75) is 0 Å². The van der Waals surface area contributed by atoms with E-state index < -0.39 is 4.92 Å². The van der Waals surface area contributed by atoms with Crippen LogP contribution in [0.3, 0.4) is 0 Å². The van der Waals surface area contributed by atoms with Gasteiger partial charge in [-0.25, -0.2) is 4.68 Å². The summed E-state index contributed by atoms with van der Waals surface area (Å²) in [6, 6.07) is 2.76. The summed E-state index contributed by atoms with van der Waals surface area (Å²) in [5.41, 5.74) is 0.271. The van der Waals surface area contributed by atoms with E-state index in [1.807, 2.05) is 0 Å². The first-order valence-corrected chi connectivity index (χ1v) is 5.45. The highest BCUT2D eigenvalue weighted by Gasteiger charge is 2.18. The highest BCUT2D eigenvalue weighted by Crippen LogP contribution is 2.33. The van der Waals surface area contributed by atoms with Crippen LogP contribution in [0.4, 0.5) is 5.69 Å². The number of methoxy groups -OCH3 is 2. The normalized spacial score (nSPS) is 10.7. The Morgan fingerprint density at radius 3 is 2.45 bits per heavy atom. The highest BCUT2D eigenvalue weighted by atomic mass is 16.6. The summed E-state index contributed by atoms with van der Waals surface area (Å²) in [4.78, 5) is 10.4. The van der Waals surface area contributed by atoms with Gasteiger partial charge >= 0.3 is 5.69 Å². The average Bonchev–Trinajstić information content (AvgIpc) is 2.97. The first kappa shape index (κ1) is 13.5. The van der Waals surface area contributed by atoms with Gasteiger partial charge in [0.2, 0.25) is 5.75 Å². The highest BCUT2D eigenvalue weighted by molar-refractivity contribution is 5.85. The number of nitro benzene ring substituents is 1. The predicted molar refractivity (Wildman–Crippen MR) is 69.2 cm³/mol. The molecule has 0 bridgehead atoms. The van der Waals surface area contributed by atoms with Crippen molar-refractivity contribution < 1.29 is 14.4 Å². The zero-order chi connectivity index (χ0) is 14.5. The van der Waals surface area contributed by atoms with Crippen LogP contribution in [0.15, 0.2) is 29.9 Å². The molecule has 1 aromatic heterocycles. The van der Waals surface area contributed by atoms with Gasteiger partial charge in [-0.15, -0.1) is 10.2 Å². The molecule has 20 heavy (non-hydrogen) atoms. The molecule has 0 N–H and O–H groups in total. The van der Waals surface area contributed by atoms with Crippen LogP contribution in [0.25, 0.3) is 0 Å². The molecule has 1 heterocycles. The largest absolute Gasteiger partial charge is 0.496 e. The first-order valence-electron chi connectivity index (χ1n) is 5.45. The van der Waals surface area contributed by atoms with Crippen molar-refractivity contribution in [3.63, 3.8) is 0 Å². The van der Waals surface area contributed by atoms with Crippen molar-refractivity contribution in [1.82, 2.24) is 14.9 Å². The molecule has 0 saturated carbocycles. The average molecular weight is 277 g/mol. The lowest BCUT2D eigenvalue weighted by Crippen LogP contribution is -1.99. The summed E-state index contributed by atoms with van der Waals surface area (Å²) in [7, 11) is 2.81. The van der Waals surface area contributed by atoms with Gasteiger partial charge in [-0.3, -0.25) is 10.1 Å². The van der Waals surface area contributed by atoms with Gasteiger partial charge in [0.05, 0.1) is 25.4 Å². The van der Waals surface area contributed by atoms with Crippen LogP contribution in [0.1, 0.15) is 5.56 Å². The third-order valence-corrected chi connectivity index (χ3v) is 2.46. The van der Waals surface area contributed by atoms with E-state index in [4.69, 9.17) is 9.47 Å². The number of hydrogen-bond donors (Lipinski definition) is 0. The summed E-state index contributed by atoms with van der Waals surface area (Å²) in [5, 5.41) is 22.2. The van der Waals surface area contributed by atoms with Crippen LogP contribution in [0.2, 0.25) is 0 Å². The molecular formula is C11H11N5O4. The number of hydrogen-bond acceptors (Lipinski definition) is 7. The van der Waals surface area contributed by atoms with Gasteiger partial charge in [0, 0.05) is 17.7 Å². The Bertz CT molecular complexity index is 639. The minimum absolute atomic E-state index is 0.119. The number of ether oxygens (including phenoxy) is 2. The van der Waals surface area contributed by atoms with Gasteiger partial charge in [-0.1, -0.05) is 0 Å². The summed E-state index contributed by atoms with van der Waals surface area (Å²) < 4.78 is 11.5. The van der Waals surface area contributed by atoms with E-state index in [0.717, 1.165) is 0 Å². The van der Waals surface area contributed by atoms with Gasteiger partial charge < -0.3 is 9.47 Å². The van der Waals surface area contributed by atoms with Gasteiger partial charge in [0.25, 0.3) is 0 Å². The molecule has 0 aliphatic heterocycles. The quantitative estimate of drug-likeness (QED) is 0.460. The van der Waals surface area contributed by atoms with E-state index in [-0.39, 0.29) is 11.4 Å². The van der Waals surface area contributed by atoms with Crippen LogP contribution >= 0.6 is 0 Å². The smallest absolute Gasteiger partial charge is 0.311 e. The molecule has 1 aromatic carbocycles. The second-order valence-electron chi connectivity index (χ2n) is 3.61. The maximum Gasteiger partial charge on any atom is 0.311 e. The molecule has 2 rings (SSSR count). The molecular weight excluding hydrogens is 266 g/mol. The maximum absolute atomic E-state index is 11.0. The molecule has 0 aliphatic rings. The van der Waals surface area contributed by atoms with Crippen LogP contribution < -0.4 is 9.47 Å². The Morgan fingerprint density at radius 2 is 1.90 bits per heavy atom. The lowest BCUT2D eigenvalue weighted by Gasteiger charge is -2.07. The van der Waals surface area contributed by atoms with Gasteiger partial charge in [-0.05, 0) is 0 Å². The van der Waals surface area contributed by atoms with Gasteiger partial charge in [0.1, 0.15) is 18.4 Å². The third kappa shape index (κ3) is 2.71. The zero-order valence-corrected chi connectivity index (χ0v) is 10.8. The summed E-state index contributed by atoms with van der Waals surface area (Å²) in [6.07, 6.45) is 4.19. The second-order valence-corrected chi connectivity index (χ2v) is 3.61. The summed E-state index contributed by atoms with van der Waals surface area (Å²) in [6.45, 7) is 0. The molecule has 0 spiro atoms. The number of nitro groups is 1. The van der Waals surface area contributed by atoms with Crippen molar-refractivity contribution in [2.24, 2.45) is 5.10 Å². The van der Waals surface area contributed by atoms with Crippen molar-refractivity contribution in [1.29, 1.82) is 0 Å². The molecule has 9 heteroatoms. The Labute approximate surface area is 113 Å². The number of aromatic nitrogens is 3. The van der Waals surface area contributed by atoms with Crippen LogP contribution in [0.5, 0.6) is 11.5 Å². The fourth-order valence-corrected chi connectivity index (χ4v) is 1.53. The van der Waals surface area contributed by atoms with Gasteiger partial charge in [0.15, 0.2) is 0 Å². The fourth-order valence-electron chi connectivity index (χ4n) is 1.53. The topological polar surface area (TPSA) is 105 Å². The Hall–Kier alpha value is -2.97. The predicted octanol–water partition coefficient (Wildman–Crippen LogP) is 1.09.